The standard InChI is InChI=1S/C8H13NO2/c9-5-6-4-8(2-1-3-8)7(10)11-6/h6H,1-5,9H2. The predicted octanol–water partition coefficient (Wildman–Crippen LogP) is 0.431. The zero-order valence-electron chi connectivity index (χ0n) is 6.51. The van der Waals surface area contributed by atoms with E-state index in [-0.39, 0.29) is 17.5 Å². The molecule has 1 saturated heterocycles. The highest BCUT2D eigenvalue weighted by Crippen LogP contribution is 2.49. The van der Waals surface area contributed by atoms with E-state index in [1.54, 1.807) is 0 Å². The van der Waals surface area contributed by atoms with Crippen molar-refractivity contribution in [2.24, 2.45) is 11.1 Å². The van der Waals surface area contributed by atoms with Crippen molar-refractivity contribution >= 4 is 5.97 Å². The summed E-state index contributed by atoms with van der Waals surface area (Å²) in [6.07, 6.45) is 4.07. The van der Waals surface area contributed by atoms with E-state index < -0.39 is 0 Å². The van der Waals surface area contributed by atoms with Gasteiger partial charge in [0.05, 0.1) is 5.41 Å². The SMILES string of the molecule is NCC1CC2(CCC2)C(=O)O1. The van der Waals surface area contributed by atoms with Crippen LogP contribution in [-0.4, -0.2) is 18.6 Å². The first-order chi connectivity index (χ1) is 5.27. The highest BCUT2D eigenvalue weighted by Gasteiger charge is 2.52. The molecule has 0 amide bonds. The van der Waals surface area contributed by atoms with Crippen LogP contribution in [0.15, 0.2) is 0 Å². The lowest BCUT2D eigenvalue weighted by molar-refractivity contribution is -0.152. The van der Waals surface area contributed by atoms with Crippen molar-refractivity contribution in [1.82, 2.24) is 0 Å². The van der Waals surface area contributed by atoms with E-state index in [1.807, 2.05) is 0 Å². The molecule has 0 aromatic heterocycles. The Balaban J connectivity index is 2.08. The average Bonchev–Trinajstić information content (AvgIpc) is 2.25. The van der Waals surface area contributed by atoms with Gasteiger partial charge in [-0.25, -0.2) is 0 Å². The number of nitrogens with two attached hydrogens (primary N) is 1. The summed E-state index contributed by atoms with van der Waals surface area (Å²) >= 11 is 0. The van der Waals surface area contributed by atoms with E-state index in [4.69, 9.17) is 10.5 Å². The van der Waals surface area contributed by atoms with E-state index in [0.717, 1.165) is 19.3 Å². The molecule has 1 unspecified atom stereocenters. The molecule has 2 N–H and O–H groups in total. The van der Waals surface area contributed by atoms with Crippen molar-refractivity contribution in [3.8, 4) is 0 Å². The molecule has 1 spiro atoms. The summed E-state index contributed by atoms with van der Waals surface area (Å²) in [5.41, 5.74) is 5.33. The quantitative estimate of drug-likeness (QED) is 0.559. The van der Waals surface area contributed by atoms with E-state index >= 15 is 0 Å². The highest BCUT2D eigenvalue weighted by atomic mass is 16.6. The summed E-state index contributed by atoms with van der Waals surface area (Å²) in [6.45, 7) is 0.480. The molecule has 0 radical (unpaired) electrons. The molecule has 0 aromatic rings. The number of hydrogen-bond donors (Lipinski definition) is 1. The molecular weight excluding hydrogens is 142 g/mol. The minimum absolute atomic E-state index is 0.000741. The number of esters is 1. The van der Waals surface area contributed by atoms with Crippen LogP contribution in [0.1, 0.15) is 25.7 Å². The first-order valence-electron chi connectivity index (χ1n) is 4.18. The van der Waals surface area contributed by atoms with Gasteiger partial charge in [-0.3, -0.25) is 4.79 Å². The molecule has 1 aliphatic heterocycles. The molecule has 1 saturated carbocycles. The van der Waals surface area contributed by atoms with E-state index in [1.165, 1.54) is 6.42 Å². The Labute approximate surface area is 65.9 Å². The second kappa shape index (κ2) is 2.21. The number of cyclic esters (lactones) is 1. The molecule has 1 aliphatic carbocycles. The van der Waals surface area contributed by atoms with E-state index in [2.05, 4.69) is 0 Å². The largest absolute Gasteiger partial charge is 0.461 e. The minimum Gasteiger partial charge on any atom is -0.461 e. The van der Waals surface area contributed by atoms with Crippen LogP contribution in [-0.2, 0) is 9.53 Å². The van der Waals surface area contributed by atoms with Gasteiger partial charge in [-0.05, 0) is 12.8 Å². The summed E-state index contributed by atoms with van der Waals surface area (Å²) < 4.78 is 5.10. The van der Waals surface area contributed by atoms with Crippen LogP contribution in [0.4, 0.5) is 0 Å². The van der Waals surface area contributed by atoms with Crippen LogP contribution in [0.25, 0.3) is 0 Å². The third kappa shape index (κ3) is 0.872. The second-order valence-electron chi connectivity index (χ2n) is 3.60. The van der Waals surface area contributed by atoms with Crippen LogP contribution in [0, 0.1) is 5.41 Å². The molecule has 3 heteroatoms. The molecule has 2 rings (SSSR count). The van der Waals surface area contributed by atoms with Gasteiger partial charge in [-0.2, -0.15) is 0 Å². The van der Waals surface area contributed by atoms with E-state index in [0.29, 0.717) is 6.54 Å². The topological polar surface area (TPSA) is 52.3 Å². The van der Waals surface area contributed by atoms with Crippen molar-refractivity contribution in [2.75, 3.05) is 6.54 Å². The van der Waals surface area contributed by atoms with Gasteiger partial charge in [0.1, 0.15) is 6.10 Å². The molecule has 2 aliphatic rings. The van der Waals surface area contributed by atoms with Gasteiger partial charge in [0, 0.05) is 13.0 Å². The third-order valence-electron chi connectivity index (χ3n) is 2.90. The molecule has 0 aromatic carbocycles. The Morgan fingerprint density at radius 2 is 2.36 bits per heavy atom. The molecule has 62 valence electrons. The summed E-state index contributed by atoms with van der Waals surface area (Å²) in [5, 5.41) is 0. The lowest BCUT2D eigenvalue weighted by atomic mass is 9.67. The van der Waals surface area contributed by atoms with Gasteiger partial charge in [0.15, 0.2) is 0 Å². The molecule has 1 atom stereocenters. The minimum atomic E-state index is -0.0932. The number of carbonyl (C=O) groups excluding carboxylic acids is 1. The van der Waals surface area contributed by atoms with Crippen molar-refractivity contribution in [3.05, 3.63) is 0 Å². The Morgan fingerprint density at radius 3 is 2.64 bits per heavy atom. The van der Waals surface area contributed by atoms with Crippen LogP contribution in [0.5, 0.6) is 0 Å². The maximum absolute atomic E-state index is 11.3. The maximum Gasteiger partial charge on any atom is 0.312 e. The van der Waals surface area contributed by atoms with Crippen molar-refractivity contribution < 1.29 is 9.53 Å². The van der Waals surface area contributed by atoms with Crippen molar-refractivity contribution in [1.29, 1.82) is 0 Å². The predicted molar refractivity (Wildman–Crippen MR) is 39.8 cm³/mol. The summed E-state index contributed by atoms with van der Waals surface area (Å²) in [5.74, 6) is -0.000741. The second-order valence-corrected chi connectivity index (χ2v) is 3.60. The summed E-state index contributed by atoms with van der Waals surface area (Å²) in [6, 6.07) is 0. The molecular formula is C8H13NO2. The van der Waals surface area contributed by atoms with Gasteiger partial charge in [-0.1, -0.05) is 6.42 Å². The first kappa shape index (κ1) is 7.10. The normalized spacial score (nSPS) is 33.5. The lowest BCUT2D eigenvalue weighted by Gasteiger charge is -2.33. The summed E-state index contributed by atoms with van der Waals surface area (Å²) in [7, 11) is 0. The van der Waals surface area contributed by atoms with Crippen LogP contribution in [0.3, 0.4) is 0 Å². The monoisotopic (exact) mass is 155 g/mol. The fourth-order valence-corrected chi connectivity index (χ4v) is 1.98. The zero-order valence-corrected chi connectivity index (χ0v) is 6.51. The summed E-state index contributed by atoms with van der Waals surface area (Å²) in [4.78, 5) is 11.3. The number of carbonyl (C=O) groups is 1. The number of rotatable bonds is 1. The van der Waals surface area contributed by atoms with Gasteiger partial charge in [-0.15, -0.1) is 0 Å². The van der Waals surface area contributed by atoms with Gasteiger partial charge < -0.3 is 10.5 Å². The average molecular weight is 155 g/mol. The van der Waals surface area contributed by atoms with Gasteiger partial charge in [0.25, 0.3) is 0 Å². The maximum atomic E-state index is 11.3. The Bertz CT molecular complexity index is 187. The first-order valence-corrected chi connectivity index (χ1v) is 4.18. The smallest absolute Gasteiger partial charge is 0.312 e. The van der Waals surface area contributed by atoms with Gasteiger partial charge in [0.2, 0.25) is 0 Å². The van der Waals surface area contributed by atoms with Crippen LogP contribution < -0.4 is 5.73 Å². The van der Waals surface area contributed by atoms with Crippen LogP contribution >= 0.6 is 0 Å². The fraction of sp³-hybridized carbons (Fsp3) is 0.875. The number of ether oxygens (including phenoxy) is 1. The van der Waals surface area contributed by atoms with E-state index in [9.17, 15) is 4.79 Å². The third-order valence-corrected chi connectivity index (χ3v) is 2.90. The molecule has 11 heavy (non-hydrogen) atoms. The molecule has 2 fully saturated rings. The fourth-order valence-electron chi connectivity index (χ4n) is 1.98. The molecule has 3 nitrogen and oxygen atoms in total. The Morgan fingerprint density at radius 1 is 1.64 bits per heavy atom. The van der Waals surface area contributed by atoms with Crippen molar-refractivity contribution in [3.63, 3.8) is 0 Å². The molecule has 1 heterocycles. The zero-order chi connectivity index (χ0) is 7.90. The molecule has 0 bridgehead atoms. The number of hydrogen-bond acceptors (Lipinski definition) is 3. The van der Waals surface area contributed by atoms with Crippen molar-refractivity contribution in [2.45, 2.75) is 31.8 Å². The Hall–Kier alpha value is -0.570. The lowest BCUT2D eigenvalue weighted by Crippen LogP contribution is -2.33. The van der Waals surface area contributed by atoms with Crippen LogP contribution in [0.2, 0.25) is 0 Å². The highest BCUT2D eigenvalue weighted by molar-refractivity contribution is 5.80. The van der Waals surface area contributed by atoms with Gasteiger partial charge >= 0.3 is 5.97 Å². The Kier molecular flexibility index (Phi) is 1.42.